The van der Waals surface area contributed by atoms with Crippen LogP contribution in [0.25, 0.3) is 66.7 Å². The third-order valence-corrected chi connectivity index (χ3v) is 19.1. The van der Waals surface area contributed by atoms with Crippen molar-refractivity contribution >= 4 is 62.7 Å². The molecule has 0 saturated carbocycles. The van der Waals surface area contributed by atoms with Crippen molar-refractivity contribution in [3.8, 4) is 55.6 Å². The van der Waals surface area contributed by atoms with Gasteiger partial charge in [-0.1, -0.05) is 46.3 Å². The number of H-pyrrole nitrogens is 1. The van der Waals surface area contributed by atoms with Crippen LogP contribution in [0.5, 0.6) is 0 Å². The monoisotopic (exact) mass is 2070 g/mol. The number of methoxy groups -OCH3 is 7. The van der Waals surface area contributed by atoms with Crippen LogP contribution in [0, 0.1) is 29.1 Å². The Morgan fingerprint density at radius 1 is 0.407 bits per heavy atom. The van der Waals surface area contributed by atoms with E-state index in [2.05, 4.69) is 25.7 Å². The molecule has 0 fully saturated rings. The van der Waals surface area contributed by atoms with Gasteiger partial charge in [0.2, 0.25) is 0 Å². The molecule has 12 aromatic rings. The standard InChI is InChI=1S/C18H14F4N2O3.C17H17F4NO4.C16H16F4N2O3.C16H15F4NO4.C14H8F4N2O.C4H7BrO2.C2H4O2.2Li.H3N.2H2O/c1-2-27-15(25)10-24-8-7-23-6-5-12(16(23)17(24)26)11-3-4-14(19)13(9-11)18(20,21)22;1-24-14(25-2)9-22-7-6-11(15(22)16(23)26-3)10-4-5-13(18)12(8-10)17(19,20)21;1-24-13(25-2)8-22-6-5-10(14(22)15(21)23)9-3-4-12(17)11(7-9)16(18,19)20;1-24-13(25-2)8-21-6-5-10(14(21)15(22)23)9-3-4-12(17)11(7-9)16(18,19)20;15-11-2-1-8(7-10(11)14(16,17)18)9-3-5-20-6-4-19-13(21)12(9)20;1-2-7-4(6)3-5;1-2(3)4;;;;;/h3-9H,2,10H2,1H3;4-8,14H,9H2,1-3H3;3-7,13H,8H2,1-2H3,(H2,21,23);3-7,13H,8H2,1-2H3,(H,22,23);1-7H,(H,19,21);2-3H2,1H3;1H3,(H,3,4);;;1H3;2*1H2/q;;;;;;;2*+1;;;/p-2. The number of nitrogens with one attached hydrogen (secondary N) is 1. The van der Waals surface area contributed by atoms with E-state index >= 15 is 0 Å². The number of rotatable bonds is 25. The summed E-state index contributed by atoms with van der Waals surface area (Å²) in [7, 11) is 9.51. The first-order chi connectivity index (χ1) is 63.2. The molecule has 0 saturated heterocycles. The number of hydrogen-bond acceptors (Lipinski definition) is 20. The fourth-order valence-corrected chi connectivity index (χ4v) is 12.7. The van der Waals surface area contributed by atoms with Crippen molar-refractivity contribution in [2.75, 3.05) is 68.3 Å². The third-order valence-electron chi connectivity index (χ3n) is 18.6. The molecular formula is C87H86BrF20Li2N9O21. The number of aromatic amines is 1. The molecule has 0 atom stereocenters. The van der Waals surface area contributed by atoms with Crippen LogP contribution >= 0.6 is 15.9 Å². The van der Waals surface area contributed by atoms with Gasteiger partial charge in [0, 0.05) is 133 Å². The van der Waals surface area contributed by atoms with E-state index in [1.165, 1.54) is 157 Å². The van der Waals surface area contributed by atoms with E-state index in [1.807, 2.05) is 0 Å². The number of nitrogens with zero attached hydrogens (tertiary/aromatic N) is 6. The number of ether oxygens (including phenoxy) is 9. The molecule has 0 aliphatic heterocycles. The van der Waals surface area contributed by atoms with Crippen LogP contribution < -0.4 is 60.7 Å². The number of alkyl halides is 16. The number of primary amides is 1. The summed E-state index contributed by atoms with van der Waals surface area (Å²) in [6.45, 7) is 4.99. The van der Waals surface area contributed by atoms with Crippen LogP contribution in [0.15, 0.2) is 187 Å². The molecule has 0 aliphatic carbocycles. The molecule has 140 heavy (non-hydrogen) atoms. The number of benzene rings is 5. The number of nitrogens with two attached hydrogens (primary N) is 1. The number of aliphatic carboxylic acids is 1. The molecule has 53 heteroatoms. The minimum Gasteiger partial charge on any atom is -0.870 e. The first kappa shape index (κ1) is 126. The molecule has 7 aromatic heterocycles. The van der Waals surface area contributed by atoms with Crippen molar-refractivity contribution in [2.45, 2.75) is 96.7 Å². The average Bonchev–Trinajstić information content (AvgIpc) is 1.62. The summed E-state index contributed by atoms with van der Waals surface area (Å²) >= 11 is 2.94. The fourth-order valence-electron chi connectivity index (χ4n) is 12.5. The zero-order chi connectivity index (χ0) is 101. The SMILES string of the molecule is CC(=O)O.CCOC(=O)CBr.CCOC(=O)Cn1ccn2ccc(-c3ccc(F)c(C(F)(F)F)c3)c2c1=O.COC(=O)c1c(-c2ccc(F)c(C(F)(F)F)c2)ccn1CC(OC)OC.COC(Cn1ccc(-c2ccc(F)c(C(F)(F)F)c2)c1C(=O)O)OC.COC(Cn1ccc(-c2ccc(F)c(C(F)(F)F)c2)c1C(N)=O)OC.N.O=c1[nH]ccn2ccc(-c3ccc(F)c(C(F)(F)F)c3)c12.[Li+].[Li+].[OH-].[OH-]. The van der Waals surface area contributed by atoms with Crippen molar-refractivity contribution in [3.63, 3.8) is 0 Å². The Labute approximate surface area is 813 Å². The van der Waals surface area contributed by atoms with Gasteiger partial charge in [-0.05, 0) is 133 Å². The molecule has 0 aliphatic rings. The van der Waals surface area contributed by atoms with Crippen molar-refractivity contribution in [3.05, 3.63) is 272 Å². The molecule has 0 spiro atoms. The van der Waals surface area contributed by atoms with Gasteiger partial charge >= 0.3 is 92.5 Å². The van der Waals surface area contributed by atoms with Gasteiger partial charge in [-0.3, -0.25) is 28.8 Å². The van der Waals surface area contributed by atoms with E-state index in [1.54, 1.807) is 26.2 Å². The van der Waals surface area contributed by atoms with E-state index in [-0.39, 0.29) is 172 Å². The number of aromatic nitrogens is 7. The molecule has 10 N–H and O–H groups in total. The third kappa shape index (κ3) is 33.7. The van der Waals surface area contributed by atoms with E-state index in [9.17, 15) is 126 Å². The van der Waals surface area contributed by atoms with Crippen molar-refractivity contribution < 1.29 is 218 Å². The molecule has 0 bridgehead atoms. The first-order valence-corrected chi connectivity index (χ1v) is 39.5. The maximum absolute atomic E-state index is 13.5. The largest absolute Gasteiger partial charge is 1.00 e. The number of fused-ring (bicyclic) bond motifs is 2. The molecule has 0 unspecified atom stereocenters. The number of carboxylic acid groups (broad SMARTS) is 2. The Morgan fingerprint density at radius 3 is 0.986 bits per heavy atom. The second kappa shape index (κ2) is 55.6. The number of hydrogen-bond donors (Lipinski definition) is 5. The van der Waals surface area contributed by atoms with Crippen LogP contribution in [-0.4, -0.2) is 176 Å². The summed E-state index contributed by atoms with van der Waals surface area (Å²) in [5.41, 5.74) is -1.67. The second-order valence-corrected chi connectivity index (χ2v) is 27.8. The van der Waals surface area contributed by atoms with Gasteiger partial charge in [0.05, 0.1) is 67.8 Å². The number of halogens is 21. The number of carbonyl (C=O) groups is 6. The van der Waals surface area contributed by atoms with E-state index < -0.39 is 148 Å². The van der Waals surface area contributed by atoms with Gasteiger partial charge in [-0.15, -0.1) is 0 Å². The number of carboxylic acids is 2. The normalized spacial score (nSPS) is 11.1. The van der Waals surface area contributed by atoms with E-state index in [4.69, 9.17) is 53.5 Å². The van der Waals surface area contributed by atoms with Crippen LogP contribution in [0.1, 0.15) is 80.1 Å². The Hall–Kier alpha value is -12.3. The zero-order valence-electron chi connectivity index (χ0n) is 75.6. The van der Waals surface area contributed by atoms with Gasteiger partial charge in [0.25, 0.3) is 23.0 Å². The topological polar surface area (TPSA) is 425 Å². The van der Waals surface area contributed by atoms with Crippen molar-refractivity contribution in [1.82, 2.24) is 38.2 Å². The van der Waals surface area contributed by atoms with Gasteiger partial charge in [-0.2, -0.15) is 65.9 Å². The molecule has 30 nitrogen and oxygen atoms in total. The van der Waals surface area contributed by atoms with Gasteiger partial charge < -0.3 is 108 Å². The second-order valence-electron chi connectivity index (χ2n) is 27.3. The quantitative estimate of drug-likeness (QED) is 0.00886. The molecule has 1 amide bonds. The summed E-state index contributed by atoms with van der Waals surface area (Å²) in [6.07, 6.45) is -13.1. The van der Waals surface area contributed by atoms with Gasteiger partial charge in [0.15, 0.2) is 18.9 Å². The van der Waals surface area contributed by atoms with E-state index in [0.29, 0.717) is 72.1 Å². The molecule has 754 valence electrons. The molecule has 0 radical (unpaired) electrons. The zero-order valence-corrected chi connectivity index (χ0v) is 77.1. The number of carbonyl (C=O) groups excluding carboxylic acids is 4. The molecule has 7 heterocycles. The summed E-state index contributed by atoms with van der Waals surface area (Å²) in [5, 5.41) is 17.1. The van der Waals surface area contributed by atoms with Crippen molar-refractivity contribution in [2.24, 2.45) is 5.73 Å². The van der Waals surface area contributed by atoms with Crippen LogP contribution in [-0.2, 0) is 114 Å². The first-order valence-electron chi connectivity index (χ1n) is 38.4. The van der Waals surface area contributed by atoms with Crippen LogP contribution in [0.3, 0.4) is 0 Å². The molecular weight excluding hydrogens is 1980 g/mol. The molecule has 12 rings (SSSR count). The Morgan fingerprint density at radius 2 is 0.693 bits per heavy atom. The van der Waals surface area contributed by atoms with Gasteiger partial charge in [0.1, 0.15) is 69.1 Å². The predicted octanol–water partition coefficient (Wildman–Crippen LogP) is 12.2. The fraction of sp³-hybridized carbons (Fsp3) is 0.287. The minimum absolute atomic E-state index is 0. The van der Waals surface area contributed by atoms with Gasteiger partial charge in [-0.25, -0.2) is 31.5 Å². The number of esters is 3. The summed E-state index contributed by atoms with van der Waals surface area (Å²) in [4.78, 5) is 93.3. The minimum atomic E-state index is -4.89. The summed E-state index contributed by atoms with van der Waals surface area (Å²) < 4.78 is 313. The summed E-state index contributed by atoms with van der Waals surface area (Å²) in [5.74, 6) is -11.5. The van der Waals surface area contributed by atoms with Crippen LogP contribution in [0.4, 0.5) is 87.8 Å². The molecule has 5 aromatic carbocycles. The predicted molar refractivity (Wildman–Crippen MR) is 454 cm³/mol. The maximum atomic E-state index is 13.5. The Balaban J connectivity index is 0.000000844. The number of aromatic carboxylic acids is 1. The summed E-state index contributed by atoms with van der Waals surface area (Å²) in [6, 6.07) is 19.8. The smallest absolute Gasteiger partial charge is 0.870 e. The van der Waals surface area contributed by atoms with E-state index in [0.717, 1.165) is 36.8 Å². The Bertz CT molecular complexity index is 6110. The van der Waals surface area contributed by atoms with Crippen molar-refractivity contribution in [1.29, 1.82) is 0 Å². The average molecular weight is 2070 g/mol. The maximum Gasteiger partial charge on any atom is 1.00 e. The Kier molecular flexibility index (Phi) is 49.9. The number of amides is 1. The van der Waals surface area contributed by atoms with Crippen LogP contribution in [0.2, 0.25) is 0 Å².